The maximum absolute atomic E-state index is 13.2. The first kappa shape index (κ1) is 20.2. The Morgan fingerprint density at radius 2 is 1.63 bits per heavy atom. The summed E-state index contributed by atoms with van der Waals surface area (Å²) < 4.78 is 0. The molecule has 4 nitrogen and oxygen atoms in total. The van der Waals surface area contributed by atoms with Crippen LogP contribution in [0.25, 0.3) is 6.08 Å². The van der Waals surface area contributed by atoms with Crippen molar-refractivity contribution in [3.63, 3.8) is 0 Å². The average Bonchev–Trinajstić information content (AvgIpc) is 3.16. The van der Waals surface area contributed by atoms with E-state index in [9.17, 15) is 9.59 Å². The minimum absolute atomic E-state index is 0.0393. The summed E-state index contributed by atoms with van der Waals surface area (Å²) in [4.78, 5) is 29.7. The van der Waals surface area contributed by atoms with Gasteiger partial charge < -0.3 is 9.80 Å². The fourth-order valence-corrected chi connectivity index (χ4v) is 4.35. The van der Waals surface area contributed by atoms with Crippen LogP contribution >= 0.6 is 0 Å². The molecule has 1 aliphatic heterocycles. The Labute approximate surface area is 178 Å². The van der Waals surface area contributed by atoms with Crippen molar-refractivity contribution in [2.45, 2.75) is 32.1 Å². The maximum Gasteiger partial charge on any atom is 0.253 e. The number of rotatable bonds is 3. The van der Waals surface area contributed by atoms with E-state index in [1.165, 1.54) is 5.56 Å². The van der Waals surface area contributed by atoms with Crippen LogP contribution in [0.3, 0.4) is 0 Å². The van der Waals surface area contributed by atoms with Gasteiger partial charge in [-0.25, -0.2) is 0 Å². The van der Waals surface area contributed by atoms with Crippen molar-refractivity contribution in [2.24, 2.45) is 0 Å². The third-order valence-electron chi connectivity index (χ3n) is 6.12. The highest BCUT2D eigenvalue weighted by molar-refractivity contribution is 5.96. The lowest BCUT2D eigenvalue weighted by molar-refractivity contribution is 0.0718. The largest absolute Gasteiger partial charge is 0.337 e. The molecule has 1 atom stereocenters. The van der Waals surface area contributed by atoms with Crippen LogP contribution in [0.15, 0.2) is 60.3 Å². The van der Waals surface area contributed by atoms with Crippen molar-refractivity contribution in [3.8, 4) is 0 Å². The smallest absolute Gasteiger partial charge is 0.253 e. The second-order valence-electron chi connectivity index (χ2n) is 8.00. The van der Waals surface area contributed by atoms with Crippen molar-refractivity contribution in [1.82, 2.24) is 9.80 Å². The summed E-state index contributed by atoms with van der Waals surface area (Å²) in [6, 6.07) is 15.4. The molecule has 1 aliphatic carbocycles. The molecule has 0 aromatic heterocycles. The van der Waals surface area contributed by atoms with E-state index in [1.54, 1.807) is 0 Å². The van der Waals surface area contributed by atoms with Crippen LogP contribution in [0, 0.1) is 0 Å². The van der Waals surface area contributed by atoms with E-state index in [-0.39, 0.29) is 11.8 Å². The van der Waals surface area contributed by atoms with Gasteiger partial charge in [-0.05, 0) is 72.7 Å². The van der Waals surface area contributed by atoms with Crippen LogP contribution in [0.5, 0.6) is 0 Å². The Balaban J connectivity index is 1.47. The van der Waals surface area contributed by atoms with Crippen LogP contribution in [0.4, 0.5) is 0 Å². The monoisotopic (exact) mass is 400 g/mol. The first-order valence-electron chi connectivity index (χ1n) is 10.9. The summed E-state index contributed by atoms with van der Waals surface area (Å²) in [6.07, 6.45) is 6.93. The minimum atomic E-state index is 0.0393. The Hall–Kier alpha value is -3.10. The number of hydrogen-bond acceptors (Lipinski definition) is 2. The van der Waals surface area contributed by atoms with Gasteiger partial charge in [0.2, 0.25) is 0 Å². The van der Waals surface area contributed by atoms with E-state index in [0.29, 0.717) is 43.2 Å². The summed E-state index contributed by atoms with van der Waals surface area (Å²) in [7, 11) is 0. The highest BCUT2D eigenvalue weighted by atomic mass is 16.2. The lowest BCUT2D eigenvalue weighted by atomic mass is 9.89. The molecule has 4 heteroatoms. The number of carbonyl (C=O) groups is 2. The SMILES string of the molecule is CCC1CC=C=Cc2cc(C(=O)N3CCCN(C(=O)c4ccccc4)CC3)ccc21. The third-order valence-corrected chi connectivity index (χ3v) is 6.12. The summed E-state index contributed by atoms with van der Waals surface area (Å²) in [5.41, 5.74) is 7.05. The zero-order valence-electron chi connectivity index (χ0n) is 17.5. The number of amides is 2. The topological polar surface area (TPSA) is 40.6 Å². The molecule has 0 N–H and O–H groups in total. The molecule has 4 rings (SSSR count). The highest BCUT2D eigenvalue weighted by Crippen LogP contribution is 2.30. The van der Waals surface area contributed by atoms with E-state index in [0.717, 1.165) is 24.8 Å². The van der Waals surface area contributed by atoms with Crippen molar-refractivity contribution >= 4 is 17.9 Å². The minimum Gasteiger partial charge on any atom is -0.337 e. The molecule has 1 heterocycles. The number of hydrogen-bond donors (Lipinski definition) is 0. The van der Waals surface area contributed by atoms with Gasteiger partial charge in [0.25, 0.3) is 11.8 Å². The van der Waals surface area contributed by atoms with Crippen molar-refractivity contribution in [2.75, 3.05) is 26.2 Å². The molecule has 0 spiro atoms. The number of allylic oxidation sites excluding steroid dienone is 1. The van der Waals surface area contributed by atoms with Crippen LogP contribution < -0.4 is 0 Å². The van der Waals surface area contributed by atoms with Crippen LogP contribution in [0.1, 0.15) is 63.9 Å². The normalized spacial score (nSPS) is 18.5. The van der Waals surface area contributed by atoms with E-state index < -0.39 is 0 Å². The van der Waals surface area contributed by atoms with E-state index in [4.69, 9.17) is 0 Å². The van der Waals surface area contributed by atoms with Crippen LogP contribution in [-0.2, 0) is 0 Å². The van der Waals surface area contributed by atoms with Gasteiger partial charge in [-0.1, -0.05) is 31.2 Å². The Kier molecular flexibility index (Phi) is 6.15. The predicted octanol–water partition coefficient (Wildman–Crippen LogP) is 4.74. The first-order chi connectivity index (χ1) is 14.7. The van der Waals surface area contributed by atoms with Gasteiger partial charge in [0.05, 0.1) is 0 Å². The van der Waals surface area contributed by atoms with Gasteiger partial charge >= 0.3 is 0 Å². The van der Waals surface area contributed by atoms with Gasteiger partial charge in [-0.3, -0.25) is 9.59 Å². The summed E-state index contributed by atoms with van der Waals surface area (Å²) in [5.74, 6) is 0.560. The van der Waals surface area contributed by atoms with Gasteiger partial charge in [0, 0.05) is 37.3 Å². The zero-order chi connectivity index (χ0) is 20.9. The van der Waals surface area contributed by atoms with Crippen molar-refractivity contribution < 1.29 is 9.59 Å². The molecule has 2 amide bonds. The molecule has 30 heavy (non-hydrogen) atoms. The Morgan fingerprint density at radius 3 is 2.33 bits per heavy atom. The summed E-state index contributed by atoms with van der Waals surface area (Å²) >= 11 is 0. The average molecular weight is 401 g/mol. The van der Waals surface area contributed by atoms with Crippen LogP contribution in [-0.4, -0.2) is 47.8 Å². The number of carbonyl (C=O) groups excluding carboxylic acids is 2. The van der Waals surface area contributed by atoms with E-state index in [1.807, 2.05) is 58.3 Å². The molecular weight excluding hydrogens is 372 g/mol. The predicted molar refractivity (Wildman–Crippen MR) is 120 cm³/mol. The lowest BCUT2D eigenvalue weighted by Crippen LogP contribution is -2.37. The van der Waals surface area contributed by atoms with Gasteiger partial charge in [-0.15, -0.1) is 5.73 Å². The molecule has 0 bridgehead atoms. The van der Waals surface area contributed by atoms with Crippen molar-refractivity contribution in [3.05, 3.63) is 82.6 Å². The molecule has 1 unspecified atom stereocenters. The van der Waals surface area contributed by atoms with E-state index >= 15 is 0 Å². The molecule has 154 valence electrons. The molecule has 2 aliphatic rings. The van der Waals surface area contributed by atoms with Gasteiger partial charge in [0.1, 0.15) is 0 Å². The molecule has 2 aromatic carbocycles. The fraction of sp³-hybridized carbons (Fsp3) is 0.346. The number of benzene rings is 2. The molecule has 0 radical (unpaired) electrons. The molecule has 1 fully saturated rings. The maximum atomic E-state index is 13.2. The molecule has 1 saturated heterocycles. The Morgan fingerprint density at radius 1 is 0.933 bits per heavy atom. The standard InChI is InChI=1S/C26H28N2O2/c1-2-20-9-6-7-12-22-19-23(13-14-24(20)22)26(30)28-16-8-15-27(17-18-28)25(29)21-10-4-3-5-11-21/h3-6,10-14,19-20H,2,8-9,15-18H2,1H3. The Bertz CT molecular complexity index is 989. The zero-order valence-corrected chi connectivity index (χ0v) is 17.5. The molecule has 2 aromatic rings. The summed E-state index contributed by atoms with van der Waals surface area (Å²) in [6.45, 7) is 4.66. The van der Waals surface area contributed by atoms with Gasteiger partial charge in [0.15, 0.2) is 0 Å². The second-order valence-corrected chi connectivity index (χ2v) is 8.00. The fourth-order valence-electron chi connectivity index (χ4n) is 4.35. The third kappa shape index (κ3) is 4.24. The lowest BCUT2D eigenvalue weighted by Gasteiger charge is -2.23. The first-order valence-corrected chi connectivity index (χ1v) is 10.9. The number of nitrogens with zero attached hydrogens (tertiary/aromatic N) is 2. The molecule has 0 saturated carbocycles. The second kappa shape index (κ2) is 9.15. The van der Waals surface area contributed by atoms with Crippen LogP contribution in [0.2, 0.25) is 0 Å². The highest BCUT2D eigenvalue weighted by Gasteiger charge is 2.24. The van der Waals surface area contributed by atoms with E-state index in [2.05, 4.69) is 24.8 Å². The summed E-state index contributed by atoms with van der Waals surface area (Å²) in [5, 5.41) is 0. The number of fused-ring (bicyclic) bond motifs is 1. The van der Waals surface area contributed by atoms with Crippen molar-refractivity contribution in [1.29, 1.82) is 0 Å². The quantitative estimate of drug-likeness (QED) is 0.698. The van der Waals surface area contributed by atoms with Gasteiger partial charge in [-0.2, -0.15) is 0 Å². The molecular formula is C26H28N2O2.